The number of thiazole rings is 1. The van der Waals surface area contributed by atoms with Crippen LogP contribution < -0.4 is 4.90 Å². The number of ketones is 1. The maximum Gasteiger partial charge on any atom is 0.301 e. The molecule has 34 heavy (non-hydrogen) atoms. The fourth-order valence-corrected chi connectivity index (χ4v) is 5.42. The highest BCUT2D eigenvalue weighted by molar-refractivity contribution is 7.22. The summed E-state index contributed by atoms with van der Waals surface area (Å²) >= 11 is 1.24. The molecule has 1 aliphatic heterocycles. The monoisotopic (exact) mass is 476 g/mol. The molecule has 4 aromatic rings. The molecule has 0 spiro atoms. The normalized spacial score (nSPS) is 17.6. The first-order chi connectivity index (χ1) is 16.2. The van der Waals surface area contributed by atoms with Gasteiger partial charge in [-0.25, -0.2) is 13.8 Å². The molecule has 0 unspecified atom stereocenters. The van der Waals surface area contributed by atoms with Gasteiger partial charge in [0.15, 0.2) is 5.13 Å². The number of rotatable bonds is 3. The topological polar surface area (TPSA) is 70.5 Å². The number of amides is 1. The molecule has 8 heteroatoms. The lowest BCUT2D eigenvalue weighted by Crippen LogP contribution is -2.29. The molecule has 3 aromatic carbocycles. The Morgan fingerprint density at radius 1 is 1.00 bits per heavy atom. The van der Waals surface area contributed by atoms with E-state index < -0.39 is 35.1 Å². The lowest BCUT2D eigenvalue weighted by molar-refractivity contribution is -0.132. The van der Waals surface area contributed by atoms with E-state index in [1.165, 1.54) is 46.6 Å². The first-order valence-corrected chi connectivity index (χ1v) is 11.3. The number of aryl methyl sites for hydroxylation is 2. The van der Waals surface area contributed by atoms with E-state index in [9.17, 15) is 23.5 Å². The van der Waals surface area contributed by atoms with Gasteiger partial charge in [0.25, 0.3) is 5.78 Å². The molecule has 0 bridgehead atoms. The summed E-state index contributed by atoms with van der Waals surface area (Å²) in [5.74, 6) is -3.35. The average molecular weight is 477 g/mol. The molecule has 0 radical (unpaired) electrons. The van der Waals surface area contributed by atoms with Crippen LogP contribution in [0.2, 0.25) is 0 Å². The number of anilines is 1. The summed E-state index contributed by atoms with van der Waals surface area (Å²) in [7, 11) is 0. The van der Waals surface area contributed by atoms with Crippen LogP contribution >= 0.6 is 11.3 Å². The Labute approximate surface area is 197 Å². The number of carbonyl (C=O) groups excluding carboxylic acids is 2. The van der Waals surface area contributed by atoms with Gasteiger partial charge in [0.2, 0.25) is 0 Å². The van der Waals surface area contributed by atoms with Crippen LogP contribution in [-0.2, 0) is 9.59 Å². The van der Waals surface area contributed by atoms with Crippen molar-refractivity contribution >= 4 is 44.1 Å². The lowest BCUT2D eigenvalue weighted by atomic mass is 9.95. The highest BCUT2D eigenvalue weighted by atomic mass is 32.1. The van der Waals surface area contributed by atoms with E-state index in [1.54, 1.807) is 6.07 Å². The Balaban J connectivity index is 1.75. The molecule has 2 heterocycles. The third-order valence-electron chi connectivity index (χ3n) is 5.75. The van der Waals surface area contributed by atoms with E-state index in [1.807, 2.05) is 26.0 Å². The highest BCUT2D eigenvalue weighted by Gasteiger charge is 2.48. The second kappa shape index (κ2) is 8.14. The number of halogens is 2. The smallest absolute Gasteiger partial charge is 0.301 e. The van der Waals surface area contributed by atoms with E-state index >= 15 is 0 Å². The van der Waals surface area contributed by atoms with Gasteiger partial charge in [-0.1, -0.05) is 29.5 Å². The van der Waals surface area contributed by atoms with E-state index in [0.717, 1.165) is 28.0 Å². The van der Waals surface area contributed by atoms with Crippen LogP contribution in [0, 0.1) is 25.5 Å². The van der Waals surface area contributed by atoms with Gasteiger partial charge in [-0.05, 0) is 73.0 Å². The molecule has 1 N–H and O–H groups in total. The van der Waals surface area contributed by atoms with Gasteiger partial charge >= 0.3 is 5.91 Å². The van der Waals surface area contributed by atoms with E-state index in [0.29, 0.717) is 11.1 Å². The van der Waals surface area contributed by atoms with Gasteiger partial charge in [-0.3, -0.25) is 14.5 Å². The SMILES string of the molecule is Cc1cc(C)c2nc(N3C(=O)C(=O)C(=C(O)c4ccc(F)cc4)[C@H]3c3cccc(F)c3)sc2c1. The predicted octanol–water partition coefficient (Wildman–Crippen LogP) is 5.82. The largest absolute Gasteiger partial charge is 0.507 e. The number of carbonyl (C=O) groups is 2. The van der Waals surface area contributed by atoms with Crippen LogP contribution in [0.5, 0.6) is 0 Å². The molecule has 1 atom stereocenters. The van der Waals surface area contributed by atoms with Crippen molar-refractivity contribution in [1.29, 1.82) is 0 Å². The van der Waals surface area contributed by atoms with Crippen molar-refractivity contribution in [2.45, 2.75) is 19.9 Å². The number of hydrogen-bond acceptors (Lipinski definition) is 5. The lowest BCUT2D eigenvalue weighted by Gasteiger charge is -2.23. The van der Waals surface area contributed by atoms with Crippen LogP contribution in [0.1, 0.15) is 28.3 Å². The Morgan fingerprint density at radius 3 is 2.44 bits per heavy atom. The number of Topliss-reactive ketones (excluding diaryl/α,β-unsaturated/α-hetero) is 1. The maximum absolute atomic E-state index is 14.2. The molecule has 170 valence electrons. The van der Waals surface area contributed by atoms with Gasteiger partial charge in [0, 0.05) is 5.56 Å². The molecule has 5 nitrogen and oxygen atoms in total. The van der Waals surface area contributed by atoms with Crippen LogP contribution in [0.3, 0.4) is 0 Å². The van der Waals surface area contributed by atoms with Crippen LogP contribution in [-0.4, -0.2) is 21.8 Å². The summed E-state index contributed by atoms with van der Waals surface area (Å²) in [6.07, 6.45) is 0. The molecule has 0 saturated carbocycles. The summed E-state index contributed by atoms with van der Waals surface area (Å²) in [4.78, 5) is 32.2. The number of aliphatic hydroxyl groups is 1. The quantitative estimate of drug-likeness (QED) is 0.230. The summed E-state index contributed by atoms with van der Waals surface area (Å²) in [6.45, 7) is 3.86. The highest BCUT2D eigenvalue weighted by Crippen LogP contribution is 2.44. The number of nitrogens with zero attached hydrogens (tertiary/aromatic N) is 2. The van der Waals surface area contributed by atoms with E-state index in [-0.39, 0.29) is 16.3 Å². The van der Waals surface area contributed by atoms with Crippen molar-refractivity contribution in [3.8, 4) is 0 Å². The number of benzene rings is 3. The molecule has 1 aliphatic rings. The van der Waals surface area contributed by atoms with Gasteiger partial charge < -0.3 is 5.11 Å². The molecule has 1 fully saturated rings. The zero-order valence-corrected chi connectivity index (χ0v) is 19.0. The van der Waals surface area contributed by atoms with Crippen LogP contribution in [0.4, 0.5) is 13.9 Å². The molecule has 1 amide bonds. The molecular formula is C26H18F2N2O3S. The van der Waals surface area contributed by atoms with Crippen molar-refractivity contribution in [3.63, 3.8) is 0 Å². The zero-order valence-electron chi connectivity index (χ0n) is 18.2. The molecule has 0 aliphatic carbocycles. The standard InChI is InChI=1S/C26H18F2N2O3S/c1-13-10-14(2)21-19(11-13)34-26(29-21)30-22(16-4-3-5-18(28)12-16)20(24(32)25(30)33)23(31)15-6-8-17(27)9-7-15/h3-12,22,31H,1-2H3/t22-/m1/s1. The second-order valence-corrected chi connectivity index (χ2v) is 9.17. The molecule has 1 saturated heterocycles. The first-order valence-electron chi connectivity index (χ1n) is 10.4. The number of aromatic nitrogens is 1. The summed E-state index contributed by atoms with van der Waals surface area (Å²) in [5, 5.41) is 11.3. The van der Waals surface area contributed by atoms with Crippen LogP contribution in [0.25, 0.3) is 16.0 Å². The fraction of sp³-hybridized carbons (Fsp3) is 0.115. The summed E-state index contributed by atoms with van der Waals surface area (Å²) in [6, 6.07) is 13.2. The van der Waals surface area contributed by atoms with Crippen molar-refractivity contribution in [3.05, 3.63) is 100 Å². The van der Waals surface area contributed by atoms with Crippen molar-refractivity contribution in [1.82, 2.24) is 4.98 Å². The van der Waals surface area contributed by atoms with Gasteiger partial charge in [-0.2, -0.15) is 0 Å². The average Bonchev–Trinajstić information content (AvgIpc) is 3.33. The summed E-state index contributed by atoms with van der Waals surface area (Å²) < 4.78 is 28.4. The predicted molar refractivity (Wildman–Crippen MR) is 127 cm³/mol. The minimum Gasteiger partial charge on any atom is -0.507 e. The van der Waals surface area contributed by atoms with Crippen LogP contribution in [0.15, 0.2) is 66.2 Å². The fourth-order valence-electron chi connectivity index (χ4n) is 4.25. The number of hydrogen-bond donors (Lipinski definition) is 1. The van der Waals surface area contributed by atoms with E-state index in [4.69, 9.17) is 0 Å². The minimum atomic E-state index is -1.11. The Hall–Kier alpha value is -3.91. The Kier molecular flexibility index (Phi) is 5.25. The van der Waals surface area contributed by atoms with Crippen molar-refractivity contribution in [2.24, 2.45) is 0 Å². The molecule has 1 aromatic heterocycles. The summed E-state index contributed by atoms with van der Waals surface area (Å²) in [5.41, 5.74) is 2.90. The van der Waals surface area contributed by atoms with Crippen molar-refractivity contribution in [2.75, 3.05) is 4.90 Å². The zero-order chi connectivity index (χ0) is 24.1. The number of aliphatic hydroxyl groups excluding tert-OH is 1. The molecular weight excluding hydrogens is 458 g/mol. The second-order valence-electron chi connectivity index (χ2n) is 8.16. The van der Waals surface area contributed by atoms with E-state index in [2.05, 4.69) is 4.98 Å². The Morgan fingerprint density at radius 2 is 1.74 bits per heavy atom. The Bertz CT molecular complexity index is 1510. The number of fused-ring (bicyclic) bond motifs is 1. The third-order valence-corrected chi connectivity index (χ3v) is 6.75. The van der Waals surface area contributed by atoms with Gasteiger partial charge in [0.05, 0.1) is 21.8 Å². The maximum atomic E-state index is 14.2. The van der Waals surface area contributed by atoms with Gasteiger partial charge in [0.1, 0.15) is 17.4 Å². The minimum absolute atomic E-state index is 0.163. The first kappa shape index (κ1) is 21.9. The third kappa shape index (κ3) is 3.56. The molecule has 5 rings (SSSR count). The van der Waals surface area contributed by atoms with Gasteiger partial charge in [-0.15, -0.1) is 0 Å². The van der Waals surface area contributed by atoms with Crippen molar-refractivity contribution < 1.29 is 23.5 Å².